The maximum absolute atomic E-state index is 10.7. The molecule has 0 aliphatic carbocycles. The van der Waals surface area contributed by atoms with Crippen molar-refractivity contribution in [3.05, 3.63) is 23.8 Å². The summed E-state index contributed by atoms with van der Waals surface area (Å²) in [6.07, 6.45) is 0. The van der Waals surface area contributed by atoms with Crippen molar-refractivity contribution in [3.8, 4) is 11.5 Å². The monoisotopic (exact) mass is 195 g/mol. The Balaban J connectivity index is 2.44. The second kappa shape index (κ2) is 3.19. The van der Waals surface area contributed by atoms with E-state index in [0.29, 0.717) is 17.1 Å². The van der Waals surface area contributed by atoms with Gasteiger partial charge in [-0.25, -0.2) is 0 Å². The van der Waals surface area contributed by atoms with Crippen LogP contribution >= 0.6 is 0 Å². The molecule has 5 nitrogen and oxygen atoms in total. The number of rotatable bonds is 2. The summed E-state index contributed by atoms with van der Waals surface area (Å²) in [5, 5.41) is 8.75. The van der Waals surface area contributed by atoms with Crippen molar-refractivity contribution in [2.75, 3.05) is 6.79 Å². The Morgan fingerprint density at radius 2 is 2.29 bits per heavy atom. The molecule has 0 amide bonds. The van der Waals surface area contributed by atoms with Crippen LogP contribution in [0.4, 0.5) is 0 Å². The summed E-state index contributed by atoms with van der Waals surface area (Å²) in [6.45, 7) is 0.110. The maximum atomic E-state index is 10.7. The normalized spacial score (nSPS) is 15.2. The third-order valence-corrected chi connectivity index (χ3v) is 2.03. The van der Waals surface area contributed by atoms with E-state index >= 15 is 0 Å². The van der Waals surface area contributed by atoms with Gasteiger partial charge in [-0.3, -0.25) is 4.79 Å². The quantitative estimate of drug-likeness (QED) is 0.718. The average Bonchev–Trinajstić information content (AvgIpc) is 2.63. The van der Waals surface area contributed by atoms with Crippen LogP contribution < -0.4 is 15.2 Å². The van der Waals surface area contributed by atoms with Crippen molar-refractivity contribution >= 4 is 5.97 Å². The van der Waals surface area contributed by atoms with Gasteiger partial charge in [0.25, 0.3) is 0 Å². The van der Waals surface area contributed by atoms with Gasteiger partial charge in [0.2, 0.25) is 6.79 Å². The molecule has 1 aliphatic heterocycles. The van der Waals surface area contributed by atoms with Crippen LogP contribution in [-0.2, 0) is 4.79 Å². The molecule has 1 aromatic rings. The lowest BCUT2D eigenvalue weighted by Crippen LogP contribution is -2.20. The third kappa shape index (κ3) is 1.27. The Hall–Kier alpha value is -1.75. The maximum Gasteiger partial charge on any atom is 0.325 e. The smallest absolute Gasteiger partial charge is 0.325 e. The topological polar surface area (TPSA) is 81.8 Å². The molecule has 1 heterocycles. The van der Waals surface area contributed by atoms with Crippen LogP contribution in [0, 0.1) is 0 Å². The molecule has 0 bridgehead atoms. The van der Waals surface area contributed by atoms with Crippen molar-refractivity contribution in [1.29, 1.82) is 0 Å². The van der Waals surface area contributed by atoms with Gasteiger partial charge in [0.1, 0.15) is 6.04 Å². The molecule has 0 spiro atoms. The lowest BCUT2D eigenvalue weighted by atomic mass is 10.1. The molecule has 0 aromatic heterocycles. The summed E-state index contributed by atoms with van der Waals surface area (Å²) in [5.74, 6) is -0.115. The highest BCUT2D eigenvalue weighted by molar-refractivity contribution is 5.77. The Labute approximate surface area is 80.0 Å². The number of carbonyl (C=O) groups is 1. The van der Waals surface area contributed by atoms with Gasteiger partial charge in [0.05, 0.1) is 0 Å². The van der Waals surface area contributed by atoms with E-state index in [2.05, 4.69) is 0 Å². The van der Waals surface area contributed by atoms with Crippen LogP contribution in [-0.4, -0.2) is 17.9 Å². The molecule has 0 fully saturated rings. The molecule has 1 atom stereocenters. The number of fused-ring (bicyclic) bond motifs is 1. The number of benzene rings is 1. The first-order valence-electron chi connectivity index (χ1n) is 4.07. The van der Waals surface area contributed by atoms with Gasteiger partial charge in [-0.2, -0.15) is 0 Å². The van der Waals surface area contributed by atoms with Gasteiger partial charge in [0.15, 0.2) is 11.5 Å². The summed E-state index contributed by atoms with van der Waals surface area (Å²) < 4.78 is 10.2. The number of carboxylic acids is 1. The van der Waals surface area contributed by atoms with Crippen LogP contribution in [0.5, 0.6) is 11.5 Å². The minimum atomic E-state index is -1.09. The third-order valence-electron chi connectivity index (χ3n) is 2.03. The highest BCUT2D eigenvalue weighted by Crippen LogP contribution is 2.37. The first-order valence-corrected chi connectivity index (χ1v) is 4.07. The predicted octanol–water partition coefficient (Wildman–Crippen LogP) is 0.500. The molecule has 14 heavy (non-hydrogen) atoms. The Kier molecular flexibility index (Phi) is 2.01. The molecule has 2 rings (SSSR count). The Morgan fingerprint density at radius 3 is 3.00 bits per heavy atom. The van der Waals surface area contributed by atoms with E-state index in [0.717, 1.165) is 0 Å². The van der Waals surface area contributed by atoms with E-state index in [-0.39, 0.29) is 6.79 Å². The fraction of sp³-hybridized carbons (Fsp3) is 0.222. The fourth-order valence-corrected chi connectivity index (χ4v) is 1.33. The van der Waals surface area contributed by atoms with Gasteiger partial charge < -0.3 is 20.3 Å². The van der Waals surface area contributed by atoms with Crippen LogP contribution in [0.15, 0.2) is 18.2 Å². The molecule has 1 aromatic carbocycles. The fourth-order valence-electron chi connectivity index (χ4n) is 1.33. The largest absolute Gasteiger partial charge is 0.480 e. The molecule has 0 saturated heterocycles. The standard InChI is InChI=1S/C9H9NO4/c10-7(9(11)12)5-2-1-3-6-8(5)14-4-13-6/h1-3,7H,4,10H2,(H,11,12)/t7-/m1/s1. The zero-order valence-corrected chi connectivity index (χ0v) is 7.27. The lowest BCUT2D eigenvalue weighted by Gasteiger charge is -2.09. The highest BCUT2D eigenvalue weighted by Gasteiger charge is 2.24. The molecule has 0 radical (unpaired) electrons. The van der Waals surface area contributed by atoms with Crippen molar-refractivity contribution in [1.82, 2.24) is 0 Å². The average molecular weight is 195 g/mol. The van der Waals surface area contributed by atoms with E-state index in [1.807, 2.05) is 0 Å². The van der Waals surface area contributed by atoms with Crippen molar-refractivity contribution < 1.29 is 19.4 Å². The molecule has 74 valence electrons. The molecule has 1 aliphatic rings. The van der Waals surface area contributed by atoms with E-state index in [1.54, 1.807) is 18.2 Å². The van der Waals surface area contributed by atoms with E-state index in [4.69, 9.17) is 20.3 Å². The summed E-state index contributed by atoms with van der Waals surface area (Å²) in [5.41, 5.74) is 5.91. The number of nitrogens with two attached hydrogens (primary N) is 1. The summed E-state index contributed by atoms with van der Waals surface area (Å²) in [6, 6.07) is 3.94. The number of para-hydroxylation sites is 1. The van der Waals surface area contributed by atoms with Crippen LogP contribution in [0.1, 0.15) is 11.6 Å². The van der Waals surface area contributed by atoms with Crippen LogP contribution in [0.3, 0.4) is 0 Å². The first kappa shape index (κ1) is 8.83. The summed E-state index contributed by atoms with van der Waals surface area (Å²) >= 11 is 0. The molecular formula is C9H9NO4. The van der Waals surface area contributed by atoms with Gasteiger partial charge in [0, 0.05) is 5.56 Å². The van der Waals surface area contributed by atoms with Crippen LogP contribution in [0.25, 0.3) is 0 Å². The summed E-state index contributed by atoms with van der Waals surface area (Å²) in [7, 11) is 0. The molecule has 0 unspecified atom stereocenters. The summed E-state index contributed by atoms with van der Waals surface area (Å²) in [4.78, 5) is 10.7. The zero-order chi connectivity index (χ0) is 10.1. The molecule has 0 saturated carbocycles. The van der Waals surface area contributed by atoms with Crippen LogP contribution in [0.2, 0.25) is 0 Å². The Bertz CT molecular complexity index is 377. The van der Waals surface area contributed by atoms with E-state index in [9.17, 15) is 4.79 Å². The zero-order valence-electron chi connectivity index (χ0n) is 7.27. The second-order valence-electron chi connectivity index (χ2n) is 2.90. The minimum absolute atomic E-state index is 0.110. The number of aliphatic carboxylic acids is 1. The van der Waals surface area contributed by atoms with E-state index < -0.39 is 12.0 Å². The first-order chi connectivity index (χ1) is 6.70. The minimum Gasteiger partial charge on any atom is -0.480 e. The van der Waals surface area contributed by atoms with Crippen molar-refractivity contribution in [2.24, 2.45) is 5.73 Å². The van der Waals surface area contributed by atoms with Crippen molar-refractivity contribution in [3.63, 3.8) is 0 Å². The van der Waals surface area contributed by atoms with Gasteiger partial charge in [-0.05, 0) is 6.07 Å². The second-order valence-corrected chi connectivity index (χ2v) is 2.90. The predicted molar refractivity (Wildman–Crippen MR) is 47.1 cm³/mol. The number of carboxylic acid groups (broad SMARTS) is 1. The lowest BCUT2D eigenvalue weighted by molar-refractivity contribution is -0.138. The molecule has 3 N–H and O–H groups in total. The van der Waals surface area contributed by atoms with Gasteiger partial charge in [-0.1, -0.05) is 12.1 Å². The molecule has 5 heteroatoms. The number of hydrogen-bond acceptors (Lipinski definition) is 4. The number of ether oxygens (including phenoxy) is 2. The van der Waals surface area contributed by atoms with E-state index in [1.165, 1.54) is 0 Å². The Morgan fingerprint density at radius 1 is 1.50 bits per heavy atom. The van der Waals surface area contributed by atoms with Gasteiger partial charge in [-0.15, -0.1) is 0 Å². The molecular weight excluding hydrogens is 186 g/mol. The highest BCUT2D eigenvalue weighted by atomic mass is 16.7. The van der Waals surface area contributed by atoms with Crippen molar-refractivity contribution in [2.45, 2.75) is 6.04 Å². The SMILES string of the molecule is N[C@@H](C(=O)O)c1cccc2c1OCO2. The number of hydrogen-bond donors (Lipinski definition) is 2. The van der Waals surface area contributed by atoms with Gasteiger partial charge >= 0.3 is 5.97 Å².